The van der Waals surface area contributed by atoms with Crippen LogP contribution in [0.4, 0.5) is 5.69 Å². The van der Waals surface area contributed by atoms with Crippen molar-refractivity contribution in [3.63, 3.8) is 0 Å². The standard InChI is InChI=1S/C20H18N2O3S/c1-13(22-19(24)14-7-2-3-8-15(14)20(22)25)18(23)21-11-6-12-26-17-10-5-4-9-16(17)21/h2-5,7-10,13H,6,11-12H2,1H3. The molecule has 0 N–H and O–H groups in total. The predicted molar refractivity (Wildman–Crippen MR) is 101 cm³/mol. The molecule has 2 aromatic carbocycles. The smallest absolute Gasteiger partial charge is 0.262 e. The minimum absolute atomic E-state index is 0.227. The van der Waals surface area contributed by atoms with Gasteiger partial charge in [-0.05, 0) is 43.4 Å². The van der Waals surface area contributed by atoms with E-state index in [0.717, 1.165) is 27.7 Å². The van der Waals surface area contributed by atoms with Gasteiger partial charge >= 0.3 is 0 Å². The predicted octanol–water partition coefficient (Wildman–Crippen LogP) is 3.20. The van der Waals surface area contributed by atoms with Gasteiger partial charge < -0.3 is 4.90 Å². The van der Waals surface area contributed by atoms with Crippen LogP contribution in [0.15, 0.2) is 53.4 Å². The Balaban J connectivity index is 1.65. The Hall–Kier alpha value is -2.60. The van der Waals surface area contributed by atoms with Gasteiger partial charge in [0.2, 0.25) is 5.91 Å². The van der Waals surface area contributed by atoms with Gasteiger partial charge in [-0.1, -0.05) is 24.3 Å². The van der Waals surface area contributed by atoms with Crippen molar-refractivity contribution >= 4 is 35.2 Å². The van der Waals surface area contributed by atoms with Gasteiger partial charge in [0.05, 0.1) is 16.8 Å². The van der Waals surface area contributed by atoms with Gasteiger partial charge in [0.1, 0.15) is 6.04 Å². The Kier molecular flexibility index (Phi) is 4.28. The molecule has 0 saturated carbocycles. The first-order valence-electron chi connectivity index (χ1n) is 8.59. The van der Waals surface area contributed by atoms with Crippen LogP contribution in [0.1, 0.15) is 34.1 Å². The summed E-state index contributed by atoms with van der Waals surface area (Å²) in [4.78, 5) is 42.4. The number of fused-ring (bicyclic) bond motifs is 2. The maximum Gasteiger partial charge on any atom is 0.262 e. The van der Waals surface area contributed by atoms with Crippen molar-refractivity contribution in [3.8, 4) is 0 Å². The number of nitrogens with zero attached hydrogens (tertiary/aromatic N) is 2. The minimum Gasteiger partial charge on any atom is -0.309 e. The molecule has 2 heterocycles. The number of para-hydroxylation sites is 1. The zero-order valence-corrected chi connectivity index (χ0v) is 15.2. The van der Waals surface area contributed by atoms with Crippen LogP contribution in [0.25, 0.3) is 0 Å². The van der Waals surface area contributed by atoms with Crippen LogP contribution in [0, 0.1) is 0 Å². The molecule has 5 nitrogen and oxygen atoms in total. The monoisotopic (exact) mass is 366 g/mol. The van der Waals surface area contributed by atoms with Gasteiger partial charge in [0, 0.05) is 11.4 Å². The topological polar surface area (TPSA) is 57.7 Å². The van der Waals surface area contributed by atoms with Gasteiger partial charge in [-0.3, -0.25) is 19.3 Å². The second kappa shape index (κ2) is 6.61. The lowest BCUT2D eigenvalue weighted by atomic mass is 10.1. The number of amides is 3. The lowest BCUT2D eigenvalue weighted by Crippen LogP contribution is -2.49. The van der Waals surface area contributed by atoms with E-state index in [2.05, 4.69) is 0 Å². The summed E-state index contributed by atoms with van der Waals surface area (Å²) in [5.41, 5.74) is 1.58. The molecule has 1 unspecified atom stereocenters. The molecule has 0 bridgehead atoms. The fourth-order valence-corrected chi connectivity index (χ4v) is 4.45. The average Bonchev–Trinajstić information content (AvgIpc) is 2.82. The van der Waals surface area contributed by atoms with Gasteiger partial charge in [-0.25, -0.2) is 0 Å². The third-order valence-electron chi connectivity index (χ3n) is 4.78. The van der Waals surface area contributed by atoms with Crippen molar-refractivity contribution in [2.75, 3.05) is 17.2 Å². The Bertz CT molecular complexity index is 876. The zero-order valence-electron chi connectivity index (χ0n) is 14.3. The molecule has 2 aromatic rings. The van der Waals surface area contributed by atoms with Gasteiger partial charge in [0.25, 0.3) is 11.8 Å². The van der Waals surface area contributed by atoms with Crippen molar-refractivity contribution in [1.82, 2.24) is 4.90 Å². The van der Waals surface area contributed by atoms with E-state index in [1.807, 2.05) is 24.3 Å². The molecule has 0 aromatic heterocycles. The molecule has 0 fully saturated rings. The molecule has 2 aliphatic rings. The summed E-state index contributed by atoms with van der Waals surface area (Å²) in [6, 6.07) is 13.6. The van der Waals surface area contributed by atoms with Crippen LogP contribution in [-0.2, 0) is 4.79 Å². The summed E-state index contributed by atoms with van der Waals surface area (Å²) in [6.07, 6.45) is 0.861. The van der Waals surface area contributed by atoms with E-state index in [4.69, 9.17) is 0 Å². The molecule has 6 heteroatoms. The van der Waals surface area contributed by atoms with E-state index in [1.54, 1.807) is 47.9 Å². The fraction of sp³-hybridized carbons (Fsp3) is 0.250. The first-order valence-corrected chi connectivity index (χ1v) is 9.58. The molecule has 0 radical (unpaired) electrons. The van der Waals surface area contributed by atoms with Crippen molar-refractivity contribution in [2.24, 2.45) is 0 Å². The number of rotatable bonds is 2. The first kappa shape index (κ1) is 16.8. The Morgan fingerprint density at radius 1 is 1.00 bits per heavy atom. The van der Waals surface area contributed by atoms with Crippen LogP contribution < -0.4 is 4.90 Å². The second-order valence-electron chi connectivity index (χ2n) is 6.36. The summed E-state index contributed by atoms with van der Waals surface area (Å²) in [7, 11) is 0. The van der Waals surface area contributed by atoms with Crippen LogP contribution in [-0.4, -0.2) is 41.0 Å². The summed E-state index contributed by atoms with van der Waals surface area (Å²) in [6.45, 7) is 2.21. The number of hydrogen-bond acceptors (Lipinski definition) is 4. The lowest BCUT2D eigenvalue weighted by Gasteiger charge is -2.29. The highest BCUT2D eigenvalue weighted by atomic mass is 32.2. The van der Waals surface area contributed by atoms with E-state index < -0.39 is 17.9 Å². The molecule has 132 valence electrons. The largest absolute Gasteiger partial charge is 0.309 e. The van der Waals surface area contributed by atoms with Crippen molar-refractivity contribution in [1.29, 1.82) is 0 Å². The van der Waals surface area contributed by atoms with Gasteiger partial charge in [-0.15, -0.1) is 11.8 Å². The highest BCUT2D eigenvalue weighted by Crippen LogP contribution is 2.34. The number of imide groups is 1. The molecule has 26 heavy (non-hydrogen) atoms. The van der Waals surface area contributed by atoms with Gasteiger partial charge in [0.15, 0.2) is 0 Å². The third-order valence-corrected chi connectivity index (χ3v) is 5.92. The summed E-state index contributed by atoms with van der Waals surface area (Å²) in [5, 5.41) is 0. The number of carbonyl (C=O) groups excluding carboxylic acids is 3. The summed E-state index contributed by atoms with van der Waals surface area (Å²) < 4.78 is 0. The highest BCUT2D eigenvalue weighted by Gasteiger charge is 2.42. The number of thioether (sulfide) groups is 1. The molecule has 4 rings (SSSR count). The second-order valence-corrected chi connectivity index (χ2v) is 7.50. The van der Waals surface area contributed by atoms with Crippen molar-refractivity contribution in [2.45, 2.75) is 24.3 Å². The average molecular weight is 366 g/mol. The van der Waals surface area contributed by atoms with E-state index >= 15 is 0 Å². The zero-order chi connectivity index (χ0) is 18.3. The van der Waals surface area contributed by atoms with E-state index in [-0.39, 0.29) is 5.91 Å². The molecule has 3 amide bonds. The molecule has 2 aliphatic heterocycles. The highest BCUT2D eigenvalue weighted by molar-refractivity contribution is 7.99. The molecule has 0 saturated heterocycles. The van der Waals surface area contributed by atoms with Crippen LogP contribution in [0.3, 0.4) is 0 Å². The Morgan fingerprint density at radius 3 is 2.31 bits per heavy atom. The number of carbonyl (C=O) groups is 3. The maximum absolute atomic E-state index is 13.2. The van der Waals surface area contributed by atoms with E-state index in [0.29, 0.717) is 17.7 Å². The van der Waals surface area contributed by atoms with Crippen molar-refractivity contribution < 1.29 is 14.4 Å². The number of anilines is 1. The molecular formula is C20H18N2O3S. The number of benzene rings is 2. The molecule has 0 spiro atoms. The summed E-state index contributed by atoms with van der Waals surface area (Å²) in [5.74, 6) is -0.0929. The van der Waals surface area contributed by atoms with Crippen LogP contribution in [0.2, 0.25) is 0 Å². The number of hydrogen-bond donors (Lipinski definition) is 0. The SMILES string of the molecule is CC(C(=O)N1CCCSc2ccccc21)N1C(=O)c2ccccc2C1=O. The Labute approximate surface area is 156 Å². The van der Waals surface area contributed by atoms with Gasteiger partial charge in [-0.2, -0.15) is 0 Å². The van der Waals surface area contributed by atoms with Crippen molar-refractivity contribution in [3.05, 3.63) is 59.7 Å². The van der Waals surface area contributed by atoms with Crippen LogP contribution >= 0.6 is 11.8 Å². The van der Waals surface area contributed by atoms with Crippen LogP contribution in [0.5, 0.6) is 0 Å². The first-order chi connectivity index (χ1) is 12.6. The third kappa shape index (κ3) is 2.61. The maximum atomic E-state index is 13.2. The quantitative estimate of drug-likeness (QED) is 0.766. The molecular weight excluding hydrogens is 348 g/mol. The minimum atomic E-state index is -0.849. The van der Waals surface area contributed by atoms with E-state index in [1.165, 1.54) is 0 Å². The normalized spacial score (nSPS) is 17.6. The Morgan fingerprint density at radius 2 is 1.62 bits per heavy atom. The fourth-order valence-electron chi connectivity index (χ4n) is 3.45. The van der Waals surface area contributed by atoms with E-state index in [9.17, 15) is 14.4 Å². The molecule has 1 atom stereocenters. The molecule has 0 aliphatic carbocycles. The lowest BCUT2D eigenvalue weighted by molar-refractivity contribution is -0.122. The summed E-state index contributed by atoms with van der Waals surface area (Å²) >= 11 is 1.72.